The summed E-state index contributed by atoms with van der Waals surface area (Å²) >= 11 is 0. The normalized spacial score (nSPS) is 25.7. The lowest BCUT2D eigenvalue weighted by atomic mass is 9.90. The maximum atomic E-state index is 10.9. The zero-order valence-electron chi connectivity index (χ0n) is 8.31. The Kier molecular flexibility index (Phi) is 4.05. The van der Waals surface area contributed by atoms with Crippen molar-refractivity contribution in [2.24, 2.45) is 0 Å². The minimum Gasteiger partial charge on any atom is -1.00 e. The third-order valence-electron chi connectivity index (χ3n) is 2.00. The van der Waals surface area contributed by atoms with Gasteiger partial charge in [0.1, 0.15) is 4.98 Å². The van der Waals surface area contributed by atoms with Gasteiger partial charge in [-0.2, -0.15) is 8.42 Å². The van der Waals surface area contributed by atoms with Gasteiger partial charge >= 0.3 is 5.54 Å². The van der Waals surface area contributed by atoms with Crippen LogP contribution in [0.5, 0.6) is 0 Å². The van der Waals surface area contributed by atoms with Gasteiger partial charge in [0.25, 0.3) is 10.1 Å². The van der Waals surface area contributed by atoms with Crippen molar-refractivity contribution in [3.63, 3.8) is 0 Å². The van der Waals surface area contributed by atoms with E-state index in [2.05, 4.69) is 4.98 Å². The van der Waals surface area contributed by atoms with E-state index in [4.69, 9.17) is 9.95 Å². The predicted molar refractivity (Wildman–Crippen MR) is 51.5 cm³/mol. The first-order valence-electron chi connectivity index (χ1n) is 4.01. The van der Waals surface area contributed by atoms with Gasteiger partial charge in [-0.05, 0) is 13.0 Å². The van der Waals surface area contributed by atoms with Crippen molar-refractivity contribution in [1.82, 2.24) is 0 Å². The Hall–Kier alpha value is -0.900. The highest BCUT2D eigenvalue weighted by molar-refractivity contribution is 7.90. The summed E-state index contributed by atoms with van der Waals surface area (Å²) in [6.07, 6.45) is 3.03. The van der Waals surface area contributed by atoms with Crippen LogP contribution in [0.1, 0.15) is 20.3 Å². The number of allylic oxidation sites excluding steroid dienone is 1. The van der Waals surface area contributed by atoms with E-state index >= 15 is 0 Å². The van der Waals surface area contributed by atoms with Gasteiger partial charge in [0, 0.05) is 13.0 Å². The second kappa shape index (κ2) is 4.31. The number of halogens is 1. The molecule has 1 unspecified atom stereocenters. The highest BCUT2D eigenvalue weighted by Crippen LogP contribution is 2.30. The Morgan fingerprint density at radius 3 is 2.53 bits per heavy atom. The topological polar surface area (TPSA) is 82.5 Å². The zero-order chi connectivity index (χ0) is 11.0. The molecule has 0 saturated carbocycles. The van der Waals surface area contributed by atoms with Crippen molar-refractivity contribution in [1.29, 1.82) is 5.39 Å². The van der Waals surface area contributed by atoms with E-state index in [0.717, 1.165) is 5.57 Å². The Labute approximate surface area is 94.7 Å². The summed E-state index contributed by atoms with van der Waals surface area (Å²) in [6, 6.07) is 0. The van der Waals surface area contributed by atoms with Gasteiger partial charge in [-0.3, -0.25) is 4.55 Å². The van der Waals surface area contributed by atoms with Gasteiger partial charge < -0.3 is 12.4 Å². The summed E-state index contributed by atoms with van der Waals surface area (Å²) in [5.74, 6) is 0. The highest BCUT2D eigenvalue weighted by atomic mass is 35.5. The Morgan fingerprint density at radius 1 is 1.60 bits per heavy atom. The molecule has 0 aromatic rings. The van der Waals surface area contributed by atoms with Crippen LogP contribution >= 0.6 is 0 Å². The molecule has 84 valence electrons. The minimum absolute atomic E-state index is 0. The van der Waals surface area contributed by atoms with Crippen molar-refractivity contribution in [2.45, 2.75) is 25.8 Å². The second-order valence-corrected chi connectivity index (χ2v) is 5.07. The van der Waals surface area contributed by atoms with Crippen molar-refractivity contribution in [3.8, 4) is 0 Å². The molecule has 1 aliphatic rings. The van der Waals surface area contributed by atoms with Crippen LogP contribution in [0.25, 0.3) is 4.98 Å². The largest absolute Gasteiger partial charge is 1.00 e. The second-order valence-electron chi connectivity index (χ2n) is 3.65. The van der Waals surface area contributed by atoms with Gasteiger partial charge in [-0.1, -0.05) is 5.57 Å². The van der Waals surface area contributed by atoms with E-state index in [1.165, 1.54) is 12.2 Å². The molecule has 1 aliphatic carbocycles. The van der Waals surface area contributed by atoms with E-state index in [1.54, 1.807) is 13.8 Å². The van der Waals surface area contributed by atoms with Crippen LogP contribution in [0.3, 0.4) is 0 Å². The van der Waals surface area contributed by atoms with Gasteiger partial charge in [-0.25, -0.2) is 0 Å². The molecule has 5 nitrogen and oxygen atoms in total. The third kappa shape index (κ3) is 3.30. The molecule has 1 rings (SSSR count). The van der Waals surface area contributed by atoms with Crippen LogP contribution in [-0.4, -0.2) is 18.5 Å². The molecule has 0 heterocycles. The lowest BCUT2D eigenvalue weighted by molar-refractivity contribution is -0.00000741. The predicted octanol–water partition coefficient (Wildman–Crippen LogP) is -1.28. The first-order valence-corrected chi connectivity index (χ1v) is 5.45. The standard InChI is InChI=1S/C8H10N2O3S.ClH/c1-6-3-7(14(11,12)13)5-8(2,4-6)10-9;/h3,5H,4H2,1-2H3;1H. The Bertz CT molecular complexity index is 461. The SMILES string of the molecule is CC1=CC(S(=O)(=O)O)=CC(C)([N+]#N)C1.[Cl-]. The quantitative estimate of drug-likeness (QED) is 0.464. The Balaban J connectivity index is 0.00000196. The molecular weight excluding hydrogens is 240 g/mol. The molecule has 0 spiro atoms. The fourth-order valence-electron chi connectivity index (χ4n) is 1.47. The van der Waals surface area contributed by atoms with E-state index in [-0.39, 0.29) is 17.3 Å². The summed E-state index contributed by atoms with van der Waals surface area (Å²) in [7, 11) is -4.23. The molecule has 0 saturated heterocycles. The van der Waals surface area contributed by atoms with Crippen LogP contribution in [0.2, 0.25) is 0 Å². The molecule has 0 amide bonds. The lowest BCUT2D eigenvalue weighted by Gasteiger charge is -2.13. The van der Waals surface area contributed by atoms with Crippen molar-refractivity contribution in [3.05, 3.63) is 27.6 Å². The molecule has 15 heavy (non-hydrogen) atoms. The molecule has 0 bridgehead atoms. The van der Waals surface area contributed by atoms with Crippen molar-refractivity contribution < 1.29 is 25.4 Å². The summed E-state index contributed by atoms with van der Waals surface area (Å²) in [6.45, 7) is 3.29. The first kappa shape index (κ1) is 14.1. The monoisotopic (exact) mass is 250 g/mol. The van der Waals surface area contributed by atoms with E-state index in [0.29, 0.717) is 6.42 Å². The number of diazo groups is 1. The maximum absolute atomic E-state index is 10.9. The number of hydrogen-bond donors (Lipinski definition) is 1. The van der Waals surface area contributed by atoms with Gasteiger partial charge in [-0.15, -0.1) is 0 Å². The number of rotatable bonds is 1. The highest BCUT2D eigenvalue weighted by Gasteiger charge is 2.40. The van der Waals surface area contributed by atoms with Crippen molar-refractivity contribution >= 4 is 10.1 Å². The fraction of sp³-hybridized carbons (Fsp3) is 0.500. The molecule has 0 aromatic carbocycles. The Morgan fingerprint density at radius 2 is 2.13 bits per heavy atom. The summed E-state index contributed by atoms with van der Waals surface area (Å²) < 4.78 is 30.5. The molecule has 7 heteroatoms. The minimum atomic E-state index is -4.23. The molecule has 1 atom stereocenters. The molecule has 0 aliphatic heterocycles. The van der Waals surface area contributed by atoms with Crippen LogP contribution in [0.4, 0.5) is 0 Å². The summed E-state index contributed by atoms with van der Waals surface area (Å²) in [5.41, 5.74) is -0.232. The van der Waals surface area contributed by atoms with E-state index in [9.17, 15) is 8.42 Å². The number of hydrogen-bond acceptors (Lipinski definition) is 3. The first-order chi connectivity index (χ1) is 6.27. The van der Waals surface area contributed by atoms with E-state index < -0.39 is 15.7 Å². The van der Waals surface area contributed by atoms with Crippen LogP contribution < -0.4 is 12.4 Å². The summed E-state index contributed by atoms with van der Waals surface area (Å²) in [4.78, 5) is 2.88. The average molecular weight is 251 g/mol. The maximum Gasteiger partial charge on any atom is 0.343 e. The third-order valence-corrected chi connectivity index (χ3v) is 2.84. The average Bonchev–Trinajstić information content (AvgIpc) is 2.01. The van der Waals surface area contributed by atoms with Crippen LogP contribution in [0.15, 0.2) is 22.6 Å². The summed E-state index contributed by atoms with van der Waals surface area (Å²) in [5, 5.41) is 8.73. The lowest BCUT2D eigenvalue weighted by Crippen LogP contribution is -3.00. The van der Waals surface area contributed by atoms with Crippen molar-refractivity contribution in [2.75, 3.05) is 0 Å². The fourth-order valence-corrected chi connectivity index (χ4v) is 2.22. The molecule has 0 fully saturated rings. The van der Waals surface area contributed by atoms with Crippen LogP contribution in [-0.2, 0) is 10.1 Å². The van der Waals surface area contributed by atoms with E-state index in [1.807, 2.05) is 0 Å². The van der Waals surface area contributed by atoms with Gasteiger partial charge in [0.05, 0.1) is 11.3 Å². The molecule has 0 radical (unpaired) electrons. The van der Waals surface area contributed by atoms with Gasteiger partial charge in [0.2, 0.25) is 5.39 Å². The molecule has 0 aromatic heterocycles. The smallest absolute Gasteiger partial charge is 0.343 e. The molecule has 1 N–H and O–H groups in total. The number of nitrogens with zero attached hydrogens (tertiary/aromatic N) is 2. The zero-order valence-corrected chi connectivity index (χ0v) is 9.88. The van der Waals surface area contributed by atoms with Crippen LogP contribution in [0, 0.1) is 5.39 Å². The molecular formula is C8H11ClN2O3S. The van der Waals surface area contributed by atoms with Gasteiger partial charge in [0.15, 0.2) is 0 Å².